The average Bonchev–Trinajstić information content (AvgIpc) is 2.46. The molecule has 20 heavy (non-hydrogen) atoms. The molecule has 2 rings (SSSR count). The molecule has 0 saturated heterocycles. The van der Waals surface area contributed by atoms with Crippen LogP contribution in [0, 0.1) is 17.2 Å². The van der Waals surface area contributed by atoms with E-state index in [0.717, 1.165) is 12.1 Å². The highest BCUT2D eigenvalue weighted by Gasteiger charge is 2.27. The van der Waals surface area contributed by atoms with E-state index >= 15 is 0 Å². The molecule has 3 heteroatoms. The van der Waals surface area contributed by atoms with Gasteiger partial charge in [-0.3, -0.25) is 4.79 Å². The summed E-state index contributed by atoms with van der Waals surface area (Å²) in [6.45, 7) is 3.87. The second-order valence-electron chi connectivity index (χ2n) is 5.84. The molecule has 0 amide bonds. The Morgan fingerprint density at radius 1 is 1.35 bits per heavy atom. The Morgan fingerprint density at radius 2 is 2.05 bits per heavy atom. The summed E-state index contributed by atoms with van der Waals surface area (Å²) < 4.78 is 0. The van der Waals surface area contributed by atoms with Gasteiger partial charge in [-0.25, -0.2) is 0 Å². The van der Waals surface area contributed by atoms with E-state index in [1.807, 2.05) is 6.07 Å². The van der Waals surface area contributed by atoms with Crippen LogP contribution >= 0.6 is 0 Å². The van der Waals surface area contributed by atoms with Crippen LogP contribution in [0.3, 0.4) is 0 Å². The fourth-order valence-corrected chi connectivity index (χ4v) is 3.24. The van der Waals surface area contributed by atoms with Crippen molar-refractivity contribution in [3.05, 3.63) is 29.3 Å². The fourth-order valence-electron chi connectivity index (χ4n) is 3.24. The van der Waals surface area contributed by atoms with Crippen molar-refractivity contribution < 1.29 is 4.79 Å². The fraction of sp³-hybridized carbons (Fsp3) is 0.529. The number of carbonyl (C=O) groups excluding carboxylic acids is 1. The lowest BCUT2D eigenvalue weighted by molar-refractivity contribution is 0.101. The van der Waals surface area contributed by atoms with E-state index in [9.17, 15) is 4.79 Å². The summed E-state index contributed by atoms with van der Waals surface area (Å²) in [5.41, 5.74) is 2.22. The molecule has 2 unspecified atom stereocenters. The molecule has 0 N–H and O–H groups in total. The minimum atomic E-state index is 0.0554. The molecule has 0 spiro atoms. The number of benzene rings is 1. The molecule has 0 heterocycles. The van der Waals surface area contributed by atoms with E-state index in [4.69, 9.17) is 5.26 Å². The molecule has 1 aliphatic carbocycles. The molecule has 1 saturated carbocycles. The Hall–Kier alpha value is -1.82. The van der Waals surface area contributed by atoms with Crippen molar-refractivity contribution in [1.29, 1.82) is 5.26 Å². The smallest absolute Gasteiger partial charge is 0.161 e. The number of ketones is 1. The molecule has 0 aromatic heterocycles. The van der Waals surface area contributed by atoms with Gasteiger partial charge in [-0.05, 0) is 43.9 Å². The van der Waals surface area contributed by atoms with E-state index in [-0.39, 0.29) is 5.78 Å². The van der Waals surface area contributed by atoms with Gasteiger partial charge in [0.1, 0.15) is 0 Å². The first-order chi connectivity index (χ1) is 9.54. The number of rotatable bonds is 3. The Bertz CT molecular complexity index is 544. The first-order valence-corrected chi connectivity index (χ1v) is 7.32. The van der Waals surface area contributed by atoms with Crippen molar-refractivity contribution >= 4 is 11.5 Å². The third kappa shape index (κ3) is 2.85. The molecule has 0 bridgehead atoms. The van der Waals surface area contributed by atoms with Gasteiger partial charge in [-0.2, -0.15) is 5.26 Å². The van der Waals surface area contributed by atoms with E-state index < -0.39 is 0 Å². The Kier molecular flexibility index (Phi) is 4.44. The zero-order chi connectivity index (χ0) is 14.7. The second kappa shape index (κ2) is 6.09. The summed E-state index contributed by atoms with van der Waals surface area (Å²) in [6, 6.07) is 7.96. The van der Waals surface area contributed by atoms with Gasteiger partial charge in [0.05, 0.1) is 11.6 Å². The van der Waals surface area contributed by atoms with Crippen molar-refractivity contribution in [2.24, 2.45) is 5.92 Å². The first-order valence-electron chi connectivity index (χ1n) is 7.32. The van der Waals surface area contributed by atoms with Crippen LogP contribution in [-0.2, 0) is 0 Å². The zero-order valence-electron chi connectivity index (χ0n) is 12.5. The quantitative estimate of drug-likeness (QED) is 0.785. The van der Waals surface area contributed by atoms with Crippen molar-refractivity contribution in [2.45, 2.75) is 45.6 Å². The molecule has 106 valence electrons. The lowest BCUT2D eigenvalue weighted by Gasteiger charge is -2.38. The summed E-state index contributed by atoms with van der Waals surface area (Å²) in [5, 5.41) is 9.08. The maximum absolute atomic E-state index is 11.8. The largest absolute Gasteiger partial charge is 0.371 e. The predicted octanol–water partition coefficient (Wildman–Crippen LogP) is 3.78. The normalized spacial score (nSPS) is 22.1. The topological polar surface area (TPSA) is 44.1 Å². The van der Waals surface area contributed by atoms with Crippen molar-refractivity contribution in [3.63, 3.8) is 0 Å². The number of nitrogens with zero attached hydrogens (tertiary/aromatic N) is 2. The lowest BCUT2D eigenvalue weighted by Crippen LogP contribution is -2.39. The van der Waals surface area contributed by atoms with Crippen molar-refractivity contribution in [2.75, 3.05) is 11.9 Å². The zero-order valence-corrected chi connectivity index (χ0v) is 12.5. The molecule has 0 aliphatic heterocycles. The van der Waals surface area contributed by atoms with E-state index in [1.165, 1.54) is 19.3 Å². The highest BCUT2D eigenvalue weighted by atomic mass is 16.1. The van der Waals surface area contributed by atoms with Crippen LogP contribution in [0.2, 0.25) is 0 Å². The molecule has 0 radical (unpaired) electrons. The van der Waals surface area contributed by atoms with E-state index in [2.05, 4.69) is 24.9 Å². The maximum atomic E-state index is 11.8. The predicted molar refractivity (Wildman–Crippen MR) is 81.0 cm³/mol. The summed E-state index contributed by atoms with van der Waals surface area (Å²) in [5.74, 6) is 0.680. The minimum absolute atomic E-state index is 0.0554. The minimum Gasteiger partial charge on any atom is -0.371 e. The molecule has 1 aromatic carbocycles. The number of anilines is 1. The number of hydrogen-bond acceptors (Lipinski definition) is 3. The van der Waals surface area contributed by atoms with Crippen LogP contribution in [0.4, 0.5) is 5.69 Å². The Labute approximate surface area is 121 Å². The SMILES string of the molecule is CC(=O)c1ccc(C#N)cc1N(C)C1CCCCC1C. The molecule has 3 nitrogen and oxygen atoms in total. The van der Waals surface area contributed by atoms with Gasteiger partial charge in [0, 0.05) is 24.3 Å². The van der Waals surface area contributed by atoms with E-state index in [1.54, 1.807) is 19.1 Å². The van der Waals surface area contributed by atoms with Gasteiger partial charge < -0.3 is 4.90 Å². The molecule has 1 fully saturated rings. The van der Waals surface area contributed by atoms with Crippen LogP contribution in [0.5, 0.6) is 0 Å². The van der Waals surface area contributed by atoms with Gasteiger partial charge in [0.2, 0.25) is 0 Å². The highest BCUT2D eigenvalue weighted by molar-refractivity contribution is 6.00. The van der Waals surface area contributed by atoms with Crippen molar-refractivity contribution in [1.82, 2.24) is 0 Å². The van der Waals surface area contributed by atoms with E-state index in [0.29, 0.717) is 23.1 Å². The first kappa shape index (κ1) is 14.6. The Balaban J connectivity index is 2.39. The summed E-state index contributed by atoms with van der Waals surface area (Å²) in [7, 11) is 2.05. The lowest BCUT2D eigenvalue weighted by atomic mass is 9.84. The van der Waals surface area contributed by atoms with Gasteiger partial charge in [0.25, 0.3) is 0 Å². The third-order valence-electron chi connectivity index (χ3n) is 4.45. The van der Waals surface area contributed by atoms with Crippen LogP contribution < -0.4 is 4.90 Å². The third-order valence-corrected chi connectivity index (χ3v) is 4.45. The summed E-state index contributed by atoms with van der Waals surface area (Å²) in [4.78, 5) is 14.0. The Morgan fingerprint density at radius 3 is 2.65 bits per heavy atom. The molecule has 1 aliphatic rings. The summed E-state index contributed by atoms with van der Waals surface area (Å²) in [6.07, 6.45) is 4.93. The summed E-state index contributed by atoms with van der Waals surface area (Å²) >= 11 is 0. The maximum Gasteiger partial charge on any atom is 0.161 e. The number of Topliss-reactive ketones (excluding diaryl/α,β-unsaturated/α-hetero) is 1. The molecule has 2 atom stereocenters. The number of nitriles is 1. The standard InChI is InChI=1S/C17H22N2O/c1-12-6-4-5-7-16(12)19(3)17-10-14(11-18)8-9-15(17)13(2)20/h8-10,12,16H,4-7H2,1-3H3. The van der Waals surface area contributed by atoms with Gasteiger partial charge in [0.15, 0.2) is 5.78 Å². The van der Waals surface area contributed by atoms with Crippen molar-refractivity contribution in [3.8, 4) is 6.07 Å². The highest BCUT2D eigenvalue weighted by Crippen LogP contribution is 2.32. The van der Waals surface area contributed by atoms with Crippen LogP contribution in [0.25, 0.3) is 0 Å². The van der Waals surface area contributed by atoms with Gasteiger partial charge in [-0.1, -0.05) is 19.8 Å². The van der Waals surface area contributed by atoms with Gasteiger partial charge >= 0.3 is 0 Å². The number of hydrogen-bond donors (Lipinski definition) is 0. The number of carbonyl (C=O) groups is 1. The molecular formula is C17H22N2O. The molecule has 1 aromatic rings. The van der Waals surface area contributed by atoms with Crippen LogP contribution in [-0.4, -0.2) is 18.9 Å². The van der Waals surface area contributed by atoms with Crippen LogP contribution in [0.15, 0.2) is 18.2 Å². The second-order valence-corrected chi connectivity index (χ2v) is 5.84. The monoisotopic (exact) mass is 270 g/mol. The van der Waals surface area contributed by atoms with Crippen LogP contribution in [0.1, 0.15) is 55.5 Å². The van der Waals surface area contributed by atoms with Gasteiger partial charge in [-0.15, -0.1) is 0 Å². The average molecular weight is 270 g/mol. The molecular weight excluding hydrogens is 248 g/mol.